The van der Waals surface area contributed by atoms with Gasteiger partial charge in [-0.05, 0) is 58.7 Å². The van der Waals surface area contributed by atoms with E-state index in [2.05, 4.69) is 31.2 Å². The van der Waals surface area contributed by atoms with Crippen LogP contribution in [0.15, 0.2) is 53.4 Å². The molecule has 3 aromatic rings. The van der Waals surface area contributed by atoms with Crippen molar-refractivity contribution in [3.63, 3.8) is 0 Å². The van der Waals surface area contributed by atoms with E-state index in [1.54, 1.807) is 24.5 Å². The van der Waals surface area contributed by atoms with Gasteiger partial charge in [0.1, 0.15) is 4.60 Å². The number of nitrogens with zero attached hydrogens (tertiary/aromatic N) is 2. The van der Waals surface area contributed by atoms with E-state index < -0.39 is 0 Å². The van der Waals surface area contributed by atoms with E-state index >= 15 is 0 Å². The Bertz CT molecular complexity index is 833. The van der Waals surface area contributed by atoms with Gasteiger partial charge in [-0.3, -0.25) is 9.78 Å². The summed E-state index contributed by atoms with van der Waals surface area (Å²) in [7, 11) is 0. The first-order valence-corrected chi connectivity index (χ1v) is 7.22. The van der Waals surface area contributed by atoms with Gasteiger partial charge in [-0.1, -0.05) is 6.07 Å². The summed E-state index contributed by atoms with van der Waals surface area (Å²) in [6, 6.07) is 11.0. The summed E-state index contributed by atoms with van der Waals surface area (Å²) < 4.78 is 0.630. The second kappa shape index (κ2) is 5.61. The van der Waals surface area contributed by atoms with Crippen LogP contribution in [0.2, 0.25) is 0 Å². The fourth-order valence-electron chi connectivity index (χ4n) is 2.16. The fourth-order valence-corrected chi connectivity index (χ4v) is 2.53. The number of halogens is 1. The van der Waals surface area contributed by atoms with Gasteiger partial charge in [0.05, 0.1) is 11.2 Å². The van der Waals surface area contributed by atoms with Crippen molar-refractivity contribution in [1.29, 1.82) is 0 Å². The molecule has 0 aliphatic rings. The number of fused-ring (bicyclic) bond motifs is 1. The molecule has 0 saturated carbocycles. The van der Waals surface area contributed by atoms with Crippen molar-refractivity contribution in [3.8, 4) is 0 Å². The molecule has 104 valence electrons. The number of anilines is 1. The average molecular weight is 342 g/mol. The number of aromatic nitrogens is 2. The van der Waals surface area contributed by atoms with E-state index in [1.165, 1.54) is 0 Å². The lowest BCUT2D eigenvalue weighted by Gasteiger charge is -2.10. The molecule has 0 bridgehead atoms. The fraction of sp³-hybridized carbons (Fsp3) is 0.0625. The van der Waals surface area contributed by atoms with Gasteiger partial charge in [0, 0.05) is 23.3 Å². The number of aryl methyl sites for hydroxylation is 1. The Morgan fingerprint density at radius 1 is 1.14 bits per heavy atom. The number of nitrogens with one attached hydrogen (secondary N) is 1. The van der Waals surface area contributed by atoms with Crippen LogP contribution in [0, 0.1) is 6.92 Å². The number of carbonyl (C=O) groups is 1. The molecule has 4 nitrogen and oxygen atoms in total. The van der Waals surface area contributed by atoms with Crippen LogP contribution in [0.1, 0.15) is 15.9 Å². The summed E-state index contributed by atoms with van der Waals surface area (Å²) in [4.78, 5) is 20.7. The molecule has 3 rings (SSSR count). The third kappa shape index (κ3) is 2.78. The standard InChI is InChI=1S/C16H12BrN3O/c1-10-4-5-13(12-3-2-7-19-15(10)12)20-16(21)11-6-8-18-14(17)9-11/h2-9H,1H3,(H,20,21). The average Bonchev–Trinajstić information content (AvgIpc) is 2.50. The molecule has 2 heterocycles. The first kappa shape index (κ1) is 13.7. The largest absolute Gasteiger partial charge is 0.321 e. The van der Waals surface area contributed by atoms with Crippen molar-refractivity contribution in [2.24, 2.45) is 0 Å². The highest BCUT2D eigenvalue weighted by molar-refractivity contribution is 9.10. The first-order valence-electron chi connectivity index (χ1n) is 6.42. The number of rotatable bonds is 2. The van der Waals surface area contributed by atoms with Crippen molar-refractivity contribution in [3.05, 3.63) is 64.5 Å². The van der Waals surface area contributed by atoms with Crippen LogP contribution in [0.3, 0.4) is 0 Å². The zero-order valence-corrected chi connectivity index (χ0v) is 12.9. The molecule has 5 heteroatoms. The molecule has 1 amide bonds. The number of hydrogen-bond acceptors (Lipinski definition) is 3. The molecule has 0 fully saturated rings. The second-order valence-electron chi connectivity index (χ2n) is 4.65. The van der Waals surface area contributed by atoms with Gasteiger partial charge in [-0.2, -0.15) is 0 Å². The summed E-state index contributed by atoms with van der Waals surface area (Å²) in [5.74, 6) is -0.174. The van der Waals surface area contributed by atoms with Gasteiger partial charge in [-0.25, -0.2) is 4.98 Å². The first-order chi connectivity index (χ1) is 10.1. The Morgan fingerprint density at radius 2 is 2.00 bits per heavy atom. The molecule has 0 atom stereocenters. The third-order valence-corrected chi connectivity index (χ3v) is 3.64. The van der Waals surface area contributed by atoms with E-state index in [-0.39, 0.29) is 5.91 Å². The van der Waals surface area contributed by atoms with Crippen molar-refractivity contribution in [1.82, 2.24) is 9.97 Å². The maximum absolute atomic E-state index is 12.3. The number of pyridine rings is 2. The normalized spacial score (nSPS) is 10.6. The molecular formula is C16H12BrN3O. The molecule has 0 radical (unpaired) electrons. The highest BCUT2D eigenvalue weighted by Crippen LogP contribution is 2.25. The van der Waals surface area contributed by atoms with Gasteiger partial charge in [-0.15, -0.1) is 0 Å². The monoisotopic (exact) mass is 341 g/mol. The predicted molar refractivity (Wildman–Crippen MR) is 86.4 cm³/mol. The predicted octanol–water partition coefficient (Wildman–Crippen LogP) is 3.95. The van der Waals surface area contributed by atoms with Gasteiger partial charge in [0.15, 0.2) is 0 Å². The summed E-state index contributed by atoms with van der Waals surface area (Å²) >= 11 is 3.26. The van der Waals surface area contributed by atoms with Crippen molar-refractivity contribution >= 4 is 38.4 Å². The van der Waals surface area contributed by atoms with E-state index in [1.807, 2.05) is 31.2 Å². The van der Waals surface area contributed by atoms with E-state index in [0.717, 1.165) is 22.2 Å². The van der Waals surface area contributed by atoms with Crippen molar-refractivity contribution in [2.75, 3.05) is 5.32 Å². The summed E-state index contributed by atoms with van der Waals surface area (Å²) in [5, 5.41) is 3.86. The zero-order valence-electron chi connectivity index (χ0n) is 11.3. The number of hydrogen-bond donors (Lipinski definition) is 1. The van der Waals surface area contributed by atoms with E-state index in [4.69, 9.17) is 0 Å². The van der Waals surface area contributed by atoms with Gasteiger partial charge >= 0.3 is 0 Å². The van der Waals surface area contributed by atoms with Crippen LogP contribution in [-0.4, -0.2) is 15.9 Å². The van der Waals surface area contributed by atoms with Crippen LogP contribution >= 0.6 is 15.9 Å². The second-order valence-corrected chi connectivity index (χ2v) is 5.46. The summed E-state index contributed by atoms with van der Waals surface area (Å²) in [6.45, 7) is 2.00. The molecule has 1 N–H and O–H groups in total. The molecule has 1 aromatic carbocycles. The Hall–Kier alpha value is -2.27. The summed E-state index contributed by atoms with van der Waals surface area (Å²) in [6.07, 6.45) is 3.34. The zero-order chi connectivity index (χ0) is 14.8. The maximum atomic E-state index is 12.3. The molecular weight excluding hydrogens is 330 g/mol. The highest BCUT2D eigenvalue weighted by Gasteiger charge is 2.10. The lowest BCUT2D eigenvalue weighted by atomic mass is 10.1. The Kier molecular flexibility index (Phi) is 3.66. The van der Waals surface area contributed by atoms with Crippen molar-refractivity contribution < 1.29 is 4.79 Å². The van der Waals surface area contributed by atoms with E-state index in [9.17, 15) is 4.79 Å². The molecule has 2 aromatic heterocycles. The molecule has 0 spiro atoms. The van der Waals surface area contributed by atoms with Crippen LogP contribution < -0.4 is 5.32 Å². The lowest BCUT2D eigenvalue weighted by Crippen LogP contribution is -2.12. The van der Waals surface area contributed by atoms with Gasteiger partial charge in [0.2, 0.25) is 0 Å². The SMILES string of the molecule is Cc1ccc(NC(=O)c2ccnc(Br)c2)c2cccnc12. The summed E-state index contributed by atoms with van der Waals surface area (Å²) in [5.41, 5.74) is 3.28. The Labute approximate surface area is 130 Å². The molecule has 0 aliphatic carbocycles. The molecule has 0 unspecified atom stereocenters. The topological polar surface area (TPSA) is 54.9 Å². The van der Waals surface area contributed by atoms with Gasteiger partial charge in [0.25, 0.3) is 5.91 Å². The third-order valence-electron chi connectivity index (χ3n) is 3.21. The van der Waals surface area contributed by atoms with Crippen LogP contribution in [0.4, 0.5) is 5.69 Å². The van der Waals surface area contributed by atoms with E-state index in [0.29, 0.717) is 10.2 Å². The molecule has 21 heavy (non-hydrogen) atoms. The molecule has 0 aliphatic heterocycles. The van der Waals surface area contributed by atoms with Crippen LogP contribution in [-0.2, 0) is 0 Å². The minimum Gasteiger partial charge on any atom is -0.321 e. The quantitative estimate of drug-likeness (QED) is 0.718. The highest BCUT2D eigenvalue weighted by atomic mass is 79.9. The van der Waals surface area contributed by atoms with Gasteiger partial charge < -0.3 is 5.32 Å². The maximum Gasteiger partial charge on any atom is 0.255 e. The minimum absolute atomic E-state index is 0.174. The molecule has 0 saturated heterocycles. The van der Waals surface area contributed by atoms with Crippen LogP contribution in [0.25, 0.3) is 10.9 Å². The smallest absolute Gasteiger partial charge is 0.255 e. The Balaban J connectivity index is 1.99. The number of benzene rings is 1. The van der Waals surface area contributed by atoms with Crippen molar-refractivity contribution in [2.45, 2.75) is 6.92 Å². The minimum atomic E-state index is -0.174. The number of carbonyl (C=O) groups excluding carboxylic acids is 1. The number of amides is 1. The Morgan fingerprint density at radius 3 is 2.81 bits per heavy atom. The lowest BCUT2D eigenvalue weighted by molar-refractivity contribution is 0.102. The van der Waals surface area contributed by atoms with Crippen LogP contribution in [0.5, 0.6) is 0 Å².